The minimum atomic E-state index is -0.134. The number of nitriles is 1. The summed E-state index contributed by atoms with van der Waals surface area (Å²) < 4.78 is 0. The molecule has 0 aliphatic rings. The molecule has 0 unspecified atom stereocenters. The maximum atomic E-state index is 12.0. The normalized spacial score (nSPS) is 11.2. The highest BCUT2D eigenvalue weighted by atomic mass is 16.1. The van der Waals surface area contributed by atoms with E-state index in [0.717, 1.165) is 16.5 Å². The van der Waals surface area contributed by atoms with Gasteiger partial charge < -0.3 is 10.3 Å². The van der Waals surface area contributed by atoms with E-state index in [4.69, 9.17) is 0 Å². The molecule has 1 amide bonds. The van der Waals surface area contributed by atoms with Crippen LogP contribution in [0.3, 0.4) is 0 Å². The molecule has 0 radical (unpaired) electrons. The zero-order chi connectivity index (χ0) is 22.2. The number of hydrogen-bond acceptors (Lipinski definition) is 7. The maximum absolute atomic E-state index is 12.0. The molecule has 0 bridgehead atoms. The van der Waals surface area contributed by atoms with Crippen molar-refractivity contribution in [3.63, 3.8) is 0 Å². The Labute approximate surface area is 181 Å². The summed E-state index contributed by atoms with van der Waals surface area (Å²) in [4.78, 5) is 32.6. The Bertz CT molecular complexity index is 1520. The SMILES string of the molecule is CC(C)C(=O)Nc1cncc(-c2cnc3n[nH]c(-c4nc5nccc(C#N)c5[nH]4)c3c2)c1. The van der Waals surface area contributed by atoms with Crippen molar-refractivity contribution in [3.8, 4) is 28.7 Å². The van der Waals surface area contributed by atoms with E-state index in [2.05, 4.69) is 46.5 Å². The highest BCUT2D eigenvalue weighted by molar-refractivity contribution is 5.95. The number of imidazole rings is 1. The van der Waals surface area contributed by atoms with Crippen LogP contribution in [-0.2, 0) is 4.79 Å². The van der Waals surface area contributed by atoms with Crippen molar-refractivity contribution >= 4 is 33.8 Å². The van der Waals surface area contributed by atoms with Crippen molar-refractivity contribution in [1.29, 1.82) is 5.26 Å². The van der Waals surface area contributed by atoms with Gasteiger partial charge in [-0.2, -0.15) is 10.4 Å². The number of pyridine rings is 3. The topological polar surface area (TPSA) is 149 Å². The Morgan fingerprint density at radius 1 is 1.12 bits per heavy atom. The number of aromatic amines is 2. The summed E-state index contributed by atoms with van der Waals surface area (Å²) in [5, 5.41) is 20.2. The van der Waals surface area contributed by atoms with Crippen LogP contribution in [0.5, 0.6) is 0 Å². The van der Waals surface area contributed by atoms with Gasteiger partial charge in [-0.25, -0.2) is 15.0 Å². The third-order valence-electron chi connectivity index (χ3n) is 5.02. The summed E-state index contributed by atoms with van der Waals surface area (Å²) in [7, 11) is 0. The van der Waals surface area contributed by atoms with Gasteiger partial charge in [0.25, 0.3) is 0 Å². The van der Waals surface area contributed by atoms with E-state index in [1.165, 1.54) is 0 Å². The molecule has 10 nitrogen and oxygen atoms in total. The first-order valence-corrected chi connectivity index (χ1v) is 9.89. The minimum Gasteiger partial charge on any atom is -0.334 e. The van der Waals surface area contributed by atoms with Gasteiger partial charge in [0.1, 0.15) is 17.3 Å². The molecule has 5 heterocycles. The molecule has 0 aliphatic heterocycles. The first-order chi connectivity index (χ1) is 15.5. The molecule has 5 rings (SSSR count). The lowest BCUT2D eigenvalue weighted by Crippen LogP contribution is -2.17. The van der Waals surface area contributed by atoms with E-state index in [0.29, 0.717) is 39.6 Å². The monoisotopic (exact) mass is 423 g/mol. The van der Waals surface area contributed by atoms with Crippen molar-refractivity contribution in [3.05, 3.63) is 48.5 Å². The van der Waals surface area contributed by atoms with Crippen molar-refractivity contribution in [1.82, 2.24) is 35.1 Å². The second-order valence-electron chi connectivity index (χ2n) is 7.55. The fourth-order valence-corrected chi connectivity index (χ4v) is 3.31. The van der Waals surface area contributed by atoms with E-state index in [-0.39, 0.29) is 11.8 Å². The van der Waals surface area contributed by atoms with Crippen LogP contribution in [-0.4, -0.2) is 41.0 Å². The number of nitrogens with zero attached hydrogens (tertiary/aromatic N) is 6. The number of rotatable bonds is 4. The number of carbonyl (C=O) groups excluding carboxylic acids is 1. The first kappa shape index (κ1) is 19.3. The molecule has 5 aromatic heterocycles. The van der Waals surface area contributed by atoms with Gasteiger partial charge in [0.15, 0.2) is 17.1 Å². The summed E-state index contributed by atoms with van der Waals surface area (Å²) in [5.74, 6) is 0.294. The van der Waals surface area contributed by atoms with Crippen molar-refractivity contribution < 1.29 is 4.79 Å². The molecule has 0 fully saturated rings. The zero-order valence-electron chi connectivity index (χ0n) is 17.2. The lowest BCUT2D eigenvalue weighted by Gasteiger charge is -2.09. The second-order valence-corrected chi connectivity index (χ2v) is 7.55. The van der Waals surface area contributed by atoms with E-state index >= 15 is 0 Å². The van der Waals surface area contributed by atoms with Crippen LogP contribution in [0.4, 0.5) is 5.69 Å². The lowest BCUT2D eigenvalue weighted by molar-refractivity contribution is -0.118. The molecular formula is C22H17N9O. The number of nitrogens with one attached hydrogen (secondary N) is 3. The van der Waals surface area contributed by atoms with E-state index < -0.39 is 0 Å². The summed E-state index contributed by atoms with van der Waals surface area (Å²) in [6.07, 6.45) is 6.56. The number of aromatic nitrogens is 7. The quantitative estimate of drug-likeness (QED) is 0.401. The highest BCUT2D eigenvalue weighted by Crippen LogP contribution is 2.29. The number of fused-ring (bicyclic) bond motifs is 2. The molecule has 0 spiro atoms. The second kappa shape index (κ2) is 7.55. The van der Waals surface area contributed by atoms with E-state index in [1.54, 1.807) is 30.9 Å². The molecule has 10 heteroatoms. The van der Waals surface area contributed by atoms with Gasteiger partial charge in [-0.3, -0.25) is 14.9 Å². The molecular weight excluding hydrogens is 406 g/mol. The third-order valence-corrected chi connectivity index (χ3v) is 5.02. The fourth-order valence-electron chi connectivity index (χ4n) is 3.31. The van der Waals surface area contributed by atoms with Crippen molar-refractivity contribution in [2.24, 2.45) is 5.92 Å². The predicted octanol–water partition coefficient (Wildman–Crippen LogP) is 3.42. The molecule has 0 aliphatic carbocycles. The third kappa shape index (κ3) is 3.31. The molecule has 0 saturated heterocycles. The largest absolute Gasteiger partial charge is 0.334 e. The maximum Gasteiger partial charge on any atom is 0.226 e. The average molecular weight is 423 g/mol. The molecule has 3 N–H and O–H groups in total. The van der Waals surface area contributed by atoms with E-state index in [1.807, 2.05) is 26.0 Å². The molecule has 5 aromatic rings. The zero-order valence-corrected chi connectivity index (χ0v) is 17.2. The van der Waals surface area contributed by atoms with Crippen LogP contribution in [0.15, 0.2) is 43.0 Å². The molecule has 0 aromatic carbocycles. The predicted molar refractivity (Wildman–Crippen MR) is 118 cm³/mol. The minimum absolute atomic E-state index is 0.0788. The smallest absolute Gasteiger partial charge is 0.226 e. The van der Waals surface area contributed by atoms with Crippen LogP contribution >= 0.6 is 0 Å². The Morgan fingerprint density at radius 2 is 1.97 bits per heavy atom. The van der Waals surface area contributed by atoms with E-state index in [9.17, 15) is 10.1 Å². The molecule has 156 valence electrons. The number of anilines is 1. The molecule has 0 saturated carbocycles. The molecule has 0 atom stereocenters. The Morgan fingerprint density at radius 3 is 2.78 bits per heavy atom. The molecule has 32 heavy (non-hydrogen) atoms. The Hall–Kier alpha value is -4.65. The van der Waals surface area contributed by atoms with Crippen LogP contribution in [0.2, 0.25) is 0 Å². The Balaban J connectivity index is 1.57. The average Bonchev–Trinajstić information content (AvgIpc) is 3.42. The Kier molecular flexibility index (Phi) is 4.56. The number of hydrogen-bond donors (Lipinski definition) is 3. The number of H-pyrrole nitrogens is 2. The van der Waals surface area contributed by atoms with Crippen molar-refractivity contribution in [2.75, 3.05) is 5.32 Å². The van der Waals surface area contributed by atoms with Crippen LogP contribution < -0.4 is 5.32 Å². The fraction of sp³-hybridized carbons (Fsp3) is 0.136. The summed E-state index contributed by atoms with van der Waals surface area (Å²) in [6.45, 7) is 3.66. The van der Waals surface area contributed by atoms with Gasteiger partial charge in [-0.05, 0) is 18.2 Å². The van der Waals surface area contributed by atoms with Gasteiger partial charge in [-0.15, -0.1) is 0 Å². The summed E-state index contributed by atoms with van der Waals surface area (Å²) in [6, 6.07) is 7.54. The van der Waals surface area contributed by atoms with Gasteiger partial charge in [0, 0.05) is 35.6 Å². The summed E-state index contributed by atoms with van der Waals surface area (Å²) >= 11 is 0. The van der Waals surface area contributed by atoms with Crippen LogP contribution in [0, 0.1) is 17.2 Å². The van der Waals surface area contributed by atoms with Gasteiger partial charge in [0.05, 0.1) is 22.8 Å². The highest BCUT2D eigenvalue weighted by Gasteiger charge is 2.16. The number of amides is 1. The van der Waals surface area contributed by atoms with Crippen LogP contribution in [0.1, 0.15) is 19.4 Å². The van der Waals surface area contributed by atoms with Crippen LogP contribution in [0.25, 0.3) is 44.8 Å². The van der Waals surface area contributed by atoms with Crippen molar-refractivity contribution in [2.45, 2.75) is 13.8 Å². The summed E-state index contributed by atoms with van der Waals surface area (Å²) in [5.41, 5.74) is 4.84. The lowest BCUT2D eigenvalue weighted by atomic mass is 10.1. The van der Waals surface area contributed by atoms with Gasteiger partial charge in [0.2, 0.25) is 5.91 Å². The number of carbonyl (C=O) groups is 1. The van der Waals surface area contributed by atoms with Gasteiger partial charge in [-0.1, -0.05) is 13.8 Å². The first-order valence-electron chi connectivity index (χ1n) is 9.89. The van der Waals surface area contributed by atoms with Gasteiger partial charge >= 0.3 is 0 Å². The standard InChI is InChI=1S/C22H17N9O/c1-11(2)22(32)27-15-5-13(8-24-10-15)14-6-16-18(30-31-19(16)26-9-14)21-28-17-12(7-23)3-4-25-20(17)29-21/h3-6,8-11H,1-2H3,(H,27,32)(H,25,28,29)(H,26,30,31).